The predicted molar refractivity (Wildman–Crippen MR) is 173 cm³/mol. The normalized spacial score (nSPS) is 25.2. The standard InChI is InChI=1S/C33H40N4O6S2/c1-7-20-14-33(20,31(39)37-45(40,41)32(5)10-11-32)15-26(38)23-12-21(16-34-23)43-28-13-24(30-36-25(17-44-30)18(2)3)35-29-19(4)27(42-6)9-8-22(28)29/h7-9,13,17-18,20-21,23,34H,1,10-12,14-16H2,2-6H3,(H,37,39)/p+1/t20-,21-,23+,33-/m1/s1. The molecule has 3 heterocycles. The van der Waals surface area contributed by atoms with Crippen molar-refractivity contribution in [1.82, 2.24) is 14.7 Å². The van der Waals surface area contributed by atoms with Gasteiger partial charge in [0.25, 0.3) is 0 Å². The number of hydrogen-bond donors (Lipinski definition) is 2. The molecule has 12 heteroatoms. The Morgan fingerprint density at radius 3 is 2.62 bits per heavy atom. The van der Waals surface area contributed by atoms with Crippen molar-refractivity contribution in [2.75, 3.05) is 13.7 Å². The number of nitrogens with one attached hydrogen (secondary N) is 1. The molecule has 4 atom stereocenters. The molecule has 240 valence electrons. The molecule has 1 aliphatic heterocycles. The molecule has 2 saturated carbocycles. The number of nitrogens with two attached hydrogens (primary N) is 1. The summed E-state index contributed by atoms with van der Waals surface area (Å²) in [4.78, 5) is 36.6. The summed E-state index contributed by atoms with van der Waals surface area (Å²) in [7, 11) is -2.17. The summed E-state index contributed by atoms with van der Waals surface area (Å²) in [5.41, 5.74) is 2.32. The van der Waals surface area contributed by atoms with Crippen molar-refractivity contribution in [3.63, 3.8) is 0 Å². The SMILES string of the molecule is C=C[C@@H]1C[C@]1(CC(=O)[C@@H]1C[C@@H](Oc2cc(-c3nc(C(C)C)cs3)nc3c(C)c(OC)ccc23)C[NH2+]1)C(=O)NS(=O)(=O)C1(C)CC1. The first-order valence-electron chi connectivity index (χ1n) is 15.5. The molecule has 1 aromatic carbocycles. The molecule has 45 heavy (non-hydrogen) atoms. The fourth-order valence-corrected chi connectivity index (χ4v) is 8.50. The number of amides is 1. The van der Waals surface area contributed by atoms with E-state index >= 15 is 0 Å². The number of fused-ring (bicyclic) bond motifs is 1. The molecular weight excluding hydrogens is 613 g/mol. The Kier molecular flexibility index (Phi) is 8.06. The van der Waals surface area contributed by atoms with E-state index in [4.69, 9.17) is 19.4 Å². The smallest absolute Gasteiger partial charge is 0.240 e. The minimum atomic E-state index is -3.80. The number of aryl methyl sites for hydroxylation is 1. The maximum Gasteiger partial charge on any atom is 0.240 e. The van der Waals surface area contributed by atoms with E-state index in [1.165, 1.54) is 0 Å². The number of sulfonamides is 1. The van der Waals surface area contributed by atoms with Gasteiger partial charge in [-0.15, -0.1) is 17.9 Å². The lowest BCUT2D eigenvalue weighted by Crippen LogP contribution is -2.89. The molecule has 0 spiro atoms. The first-order valence-corrected chi connectivity index (χ1v) is 17.8. The zero-order chi connectivity index (χ0) is 32.3. The average Bonchev–Trinajstić information content (AvgIpc) is 3.76. The zero-order valence-corrected chi connectivity index (χ0v) is 28.0. The molecule has 6 rings (SSSR count). The lowest BCUT2D eigenvalue weighted by Gasteiger charge is -2.19. The third-order valence-corrected chi connectivity index (χ3v) is 12.8. The highest BCUT2D eigenvalue weighted by Gasteiger charge is 2.62. The molecule has 3 aromatic rings. The van der Waals surface area contributed by atoms with E-state index in [9.17, 15) is 18.0 Å². The summed E-state index contributed by atoms with van der Waals surface area (Å²) >= 11 is 1.55. The lowest BCUT2D eigenvalue weighted by molar-refractivity contribution is -0.659. The number of carbonyl (C=O) groups is 2. The number of ketones is 1. The predicted octanol–water partition coefficient (Wildman–Crippen LogP) is 4.03. The van der Waals surface area contributed by atoms with Crippen molar-refractivity contribution in [3.8, 4) is 22.2 Å². The van der Waals surface area contributed by atoms with E-state index in [1.807, 2.05) is 30.4 Å². The van der Waals surface area contributed by atoms with Gasteiger partial charge in [0.15, 0.2) is 11.9 Å². The number of rotatable bonds is 12. The second-order valence-corrected chi connectivity index (χ2v) is 16.4. The lowest BCUT2D eigenvalue weighted by atomic mass is 9.92. The molecule has 2 aromatic heterocycles. The van der Waals surface area contributed by atoms with Crippen molar-refractivity contribution in [1.29, 1.82) is 0 Å². The van der Waals surface area contributed by atoms with E-state index in [-0.39, 0.29) is 24.2 Å². The van der Waals surface area contributed by atoms with E-state index < -0.39 is 32.1 Å². The molecule has 1 saturated heterocycles. The van der Waals surface area contributed by atoms with Crippen LogP contribution in [0.15, 0.2) is 36.2 Å². The number of Topliss-reactive ketones (excluding diaryl/α,β-unsaturated/α-hetero) is 1. The molecule has 0 radical (unpaired) electrons. The fraction of sp³-hybridized carbons (Fsp3) is 0.515. The van der Waals surface area contributed by atoms with Crippen LogP contribution < -0.4 is 19.5 Å². The number of carbonyl (C=O) groups excluding carboxylic acids is 2. The number of allylic oxidation sites excluding steroid dienone is 1. The Labute approximate surface area is 268 Å². The first-order chi connectivity index (χ1) is 21.3. The van der Waals surface area contributed by atoms with Crippen LogP contribution in [0.4, 0.5) is 0 Å². The Morgan fingerprint density at radius 1 is 1.24 bits per heavy atom. The van der Waals surface area contributed by atoms with Gasteiger partial charge in [0, 0.05) is 35.2 Å². The van der Waals surface area contributed by atoms with Gasteiger partial charge in [-0.3, -0.25) is 14.3 Å². The van der Waals surface area contributed by atoms with Crippen LogP contribution in [0.5, 0.6) is 11.5 Å². The molecule has 2 aliphatic carbocycles. The number of methoxy groups -OCH3 is 1. The molecule has 3 N–H and O–H groups in total. The first kappa shape index (κ1) is 31.6. The molecule has 0 bridgehead atoms. The number of thiazole rings is 1. The summed E-state index contributed by atoms with van der Waals surface area (Å²) in [6.07, 6.45) is 3.30. The summed E-state index contributed by atoms with van der Waals surface area (Å²) in [5.74, 6) is 0.780. The van der Waals surface area contributed by atoms with E-state index in [0.717, 1.165) is 32.9 Å². The van der Waals surface area contributed by atoms with Crippen LogP contribution in [0.3, 0.4) is 0 Å². The highest BCUT2D eigenvalue weighted by Crippen LogP contribution is 2.57. The largest absolute Gasteiger partial charge is 0.496 e. The topological polar surface area (TPSA) is 141 Å². The zero-order valence-electron chi connectivity index (χ0n) is 26.4. The van der Waals surface area contributed by atoms with Crippen molar-refractivity contribution in [2.24, 2.45) is 11.3 Å². The number of hydrogen-bond acceptors (Lipinski definition) is 9. The number of ether oxygens (including phenoxy) is 2. The highest BCUT2D eigenvalue weighted by molar-refractivity contribution is 7.91. The molecule has 10 nitrogen and oxygen atoms in total. The number of nitrogens with zero attached hydrogens (tertiary/aromatic N) is 2. The second kappa shape index (κ2) is 11.5. The summed E-state index contributed by atoms with van der Waals surface area (Å²) in [5, 5.41) is 5.67. The van der Waals surface area contributed by atoms with Crippen molar-refractivity contribution < 1.29 is 32.8 Å². The van der Waals surface area contributed by atoms with Gasteiger partial charge in [-0.05, 0) is 57.1 Å². The van der Waals surface area contributed by atoms with Crippen LogP contribution in [0.1, 0.15) is 70.1 Å². The number of pyridine rings is 1. The second-order valence-electron chi connectivity index (χ2n) is 13.3. The third-order valence-electron chi connectivity index (χ3n) is 9.80. The van der Waals surface area contributed by atoms with Gasteiger partial charge >= 0.3 is 0 Å². The van der Waals surface area contributed by atoms with Crippen molar-refractivity contribution in [3.05, 3.63) is 47.5 Å². The highest BCUT2D eigenvalue weighted by atomic mass is 32.2. The van der Waals surface area contributed by atoms with Crippen molar-refractivity contribution >= 4 is 44.0 Å². The monoisotopic (exact) mass is 653 g/mol. The van der Waals surface area contributed by atoms with Gasteiger partial charge in [0.2, 0.25) is 15.9 Å². The maximum absolute atomic E-state index is 13.6. The van der Waals surface area contributed by atoms with Gasteiger partial charge < -0.3 is 14.8 Å². The van der Waals surface area contributed by atoms with Gasteiger partial charge in [-0.2, -0.15) is 0 Å². The number of aromatic nitrogens is 2. The summed E-state index contributed by atoms with van der Waals surface area (Å²) in [6.45, 7) is 12.2. The average molecular weight is 654 g/mol. The third kappa shape index (κ3) is 5.76. The molecular formula is C33H41N4O6S2+. The van der Waals surface area contributed by atoms with Crippen molar-refractivity contribution in [2.45, 2.75) is 82.6 Å². The minimum absolute atomic E-state index is 0.0286. The van der Waals surface area contributed by atoms with Crippen LogP contribution >= 0.6 is 11.3 Å². The van der Waals surface area contributed by atoms with E-state index in [1.54, 1.807) is 31.4 Å². The molecule has 3 fully saturated rings. The Hall–Kier alpha value is -3.35. The van der Waals surface area contributed by atoms with Crippen LogP contribution in [-0.2, 0) is 19.6 Å². The van der Waals surface area contributed by atoms with E-state index in [2.05, 4.69) is 30.5 Å². The quantitative estimate of drug-likeness (QED) is 0.279. The molecule has 0 unspecified atom stereocenters. The van der Waals surface area contributed by atoms with Crippen LogP contribution in [0.25, 0.3) is 21.6 Å². The minimum Gasteiger partial charge on any atom is -0.496 e. The Balaban J connectivity index is 1.20. The summed E-state index contributed by atoms with van der Waals surface area (Å²) in [6, 6.07) is 5.37. The Morgan fingerprint density at radius 2 is 2.00 bits per heavy atom. The number of benzene rings is 1. The molecule has 3 aliphatic rings. The Bertz CT molecular complexity index is 1800. The van der Waals surface area contributed by atoms with Gasteiger partial charge in [-0.1, -0.05) is 19.9 Å². The van der Waals surface area contributed by atoms with Gasteiger partial charge in [0.1, 0.15) is 34.8 Å². The van der Waals surface area contributed by atoms with Crippen LogP contribution in [0, 0.1) is 18.3 Å². The van der Waals surface area contributed by atoms with Crippen LogP contribution in [-0.4, -0.2) is 60.6 Å². The fourth-order valence-electron chi connectivity index (χ4n) is 6.23. The van der Waals surface area contributed by atoms with Gasteiger partial charge in [-0.25, -0.2) is 18.4 Å². The molecule has 1 amide bonds. The maximum atomic E-state index is 13.6. The number of quaternary nitrogens is 1. The van der Waals surface area contributed by atoms with Crippen LogP contribution in [0.2, 0.25) is 0 Å². The van der Waals surface area contributed by atoms with Gasteiger partial charge in [0.05, 0.1) is 28.5 Å². The van der Waals surface area contributed by atoms with E-state index in [0.29, 0.717) is 49.6 Å². The summed E-state index contributed by atoms with van der Waals surface area (Å²) < 4.78 is 39.1.